The van der Waals surface area contributed by atoms with Gasteiger partial charge < -0.3 is 24.7 Å². The average molecular weight is 569 g/mol. The molecule has 2 aromatic rings. The van der Waals surface area contributed by atoms with Gasteiger partial charge in [0.2, 0.25) is 5.89 Å². The highest BCUT2D eigenvalue weighted by molar-refractivity contribution is 14.0. The van der Waals surface area contributed by atoms with Crippen LogP contribution in [0.2, 0.25) is 0 Å². The molecule has 1 aromatic carbocycles. The lowest BCUT2D eigenvalue weighted by atomic mass is 9.97. The Morgan fingerprint density at radius 2 is 1.88 bits per heavy atom. The lowest BCUT2D eigenvalue weighted by molar-refractivity contribution is 0.0185. The summed E-state index contributed by atoms with van der Waals surface area (Å²) < 4.78 is 11.1. The Hall–Kier alpha value is -2.30. The van der Waals surface area contributed by atoms with Crippen molar-refractivity contribution in [2.75, 3.05) is 26.7 Å². The van der Waals surface area contributed by atoms with Gasteiger partial charge in [-0.05, 0) is 58.6 Å². The van der Waals surface area contributed by atoms with Crippen molar-refractivity contribution < 1.29 is 13.9 Å². The Bertz CT molecular complexity index is 913. The zero-order valence-electron chi connectivity index (χ0n) is 20.2. The van der Waals surface area contributed by atoms with Crippen LogP contribution in [-0.2, 0) is 11.3 Å². The molecule has 1 fully saturated rings. The van der Waals surface area contributed by atoms with E-state index in [2.05, 4.69) is 27.5 Å². The number of piperidine rings is 1. The zero-order chi connectivity index (χ0) is 23.1. The minimum absolute atomic E-state index is 0. The summed E-state index contributed by atoms with van der Waals surface area (Å²) in [6, 6.07) is 8.10. The molecule has 0 saturated carbocycles. The molecule has 0 radical (unpaired) electrons. The first-order valence-corrected chi connectivity index (χ1v) is 11.2. The van der Waals surface area contributed by atoms with Gasteiger partial charge in [0.05, 0.1) is 12.2 Å². The first-order valence-electron chi connectivity index (χ1n) is 11.2. The van der Waals surface area contributed by atoms with Crippen LogP contribution in [0, 0.1) is 12.8 Å². The van der Waals surface area contributed by atoms with Crippen molar-refractivity contribution in [2.24, 2.45) is 10.9 Å². The maximum Gasteiger partial charge on any atom is 0.410 e. The molecule has 9 heteroatoms. The van der Waals surface area contributed by atoms with E-state index in [1.54, 1.807) is 18.2 Å². The Morgan fingerprint density at radius 1 is 1.21 bits per heavy atom. The van der Waals surface area contributed by atoms with Crippen LogP contribution in [0.15, 0.2) is 39.9 Å². The Kier molecular flexibility index (Phi) is 10.00. The van der Waals surface area contributed by atoms with Gasteiger partial charge in [0.1, 0.15) is 11.9 Å². The van der Waals surface area contributed by atoms with E-state index in [0.717, 1.165) is 36.6 Å². The van der Waals surface area contributed by atoms with Crippen molar-refractivity contribution in [3.63, 3.8) is 0 Å². The maximum atomic E-state index is 12.2. The number of rotatable bonds is 5. The molecule has 2 heterocycles. The fraction of sp³-hybridized carbons (Fsp3) is 0.542. The highest BCUT2D eigenvalue weighted by Crippen LogP contribution is 2.20. The van der Waals surface area contributed by atoms with Gasteiger partial charge in [-0.25, -0.2) is 9.78 Å². The van der Waals surface area contributed by atoms with Gasteiger partial charge in [-0.2, -0.15) is 0 Å². The molecule has 3 rings (SSSR count). The van der Waals surface area contributed by atoms with Crippen LogP contribution in [0.25, 0.3) is 11.5 Å². The van der Waals surface area contributed by atoms with E-state index in [4.69, 9.17) is 9.15 Å². The normalized spacial score (nSPS) is 15.1. The SMILES string of the molecule is CN=C(NCc1coc(-c2ccc(C)cc2)n1)NCC1CCN(C(=O)OC(C)(C)C)CC1.I. The highest BCUT2D eigenvalue weighted by atomic mass is 127. The molecular weight excluding hydrogens is 533 g/mol. The molecule has 1 amide bonds. The van der Waals surface area contributed by atoms with E-state index in [0.29, 0.717) is 31.4 Å². The lowest BCUT2D eigenvalue weighted by Crippen LogP contribution is -2.45. The quantitative estimate of drug-likeness (QED) is 0.311. The van der Waals surface area contributed by atoms with E-state index >= 15 is 0 Å². The number of likely N-dealkylation sites (tertiary alicyclic amines) is 1. The number of hydrogen-bond donors (Lipinski definition) is 2. The van der Waals surface area contributed by atoms with Gasteiger partial charge in [-0.1, -0.05) is 17.7 Å². The van der Waals surface area contributed by atoms with E-state index in [1.807, 2.05) is 45.0 Å². The van der Waals surface area contributed by atoms with Gasteiger partial charge in [-0.3, -0.25) is 4.99 Å². The number of aliphatic imine (C=N–C) groups is 1. The summed E-state index contributed by atoms with van der Waals surface area (Å²) in [6.45, 7) is 10.5. The smallest absolute Gasteiger partial charge is 0.410 e. The third-order valence-corrected chi connectivity index (χ3v) is 5.34. The standard InChI is InChI=1S/C24H35N5O3.HI/c1-17-6-8-19(9-7-17)21-28-20(16-31-21)15-27-22(25-5)26-14-18-10-12-29(13-11-18)23(30)32-24(2,3)4;/h6-9,16,18H,10-15H2,1-5H3,(H2,25,26,27);1H. The minimum atomic E-state index is -0.460. The second kappa shape index (κ2) is 12.2. The number of nitrogens with zero attached hydrogens (tertiary/aromatic N) is 3. The zero-order valence-corrected chi connectivity index (χ0v) is 22.5. The Labute approximate surface area is 213 Å². The van der Waals surface area contributed by atoms with Crippen LogP contribution < -0.4 is 10.6 Å². The molecule has 0 bridgehead atoms. The number of benzene rings is 1. The van der Waals surface area contributed by atoms with Crippen LogP contribution in [-0.4, -0.2) is 54.2 Å². The number of carbonyl (C=O) groups excluding carboxylic acids is 1. The van der Waals surface area contributed by atoms with Crippen molar-refractivity contribution >= 4 is 36.0 Å². The van der Waals surface area contributed by atoms with Crippen molar-refractivity contribution in [3.05, 3.63) is 41.8 Å². The second-order valence-electron chi connectivity index (χ2n) is 9.23. The summed E-state index contributed by atoms with van der Waals surface area (Å²) in [5.74, 6) is 1.81. The lowest BCUT2D eigenvalue weighted by Gasteiger charge is -2.33. The first kappa shape index (κ1) is 26.9. The Balaban J connectivity index is 0.00000385. The summed E-state index contributed by atoms with van der Waals surface area (Å²) in [7, 11) is 1.75. The Morgan fingerprint density at radius 3 is 2.48 bits per heavy atom. The maximum absolute atomic E-state index is 12.2. The number of nitrogens with one attached hydrogen (secondary N) is 2. The van der Waals surface area contributed by atoms with Crippen LogP contribution in [0.1, 0.15) is 44.9 Å². The number of guanidine groups is 1. The van der Waals surface area contributed by atoms with Gasteiger partial charge in [-0.15, -0.1) is 24.0 Å². The number of aromatic nitrogens is 1. The van der Waals surface area contributed by atoms with E-state index in [-0.39, 0.29) is 30.1 Å². The predicted octanol–water partition coefficient (Wildman–Crippen LogP) is 4.58. The molecule has 1 aliphatic rings. The van der Waals surface area contributed by atoms with Gasteiger partial charge in [0.15, 0.2) is 5.96 Å². The second-order valence-corrected chi connectivity index (χ2v) is 9.23. The number of carbonyl (C=O) groups is 1. The fourth-order valence-corrected chi connectivity index (χ4v) is 3.50. The molecule has 1 saturated heterocycles. The fourth-order valence-electron chi connectivity index (χ4n) is 3.50. The van der Waals surface area contributed by atoms with Crippen molar-refractivity contribution in [1.82, 2.24) is 20.5 Å². The summed E-state index contributed by atoms with van der Waals surface area (Å²) in [4.78, 5) is 22.9. The molecule has 1 aliphatic heterocycles. The van der Waals surface area contributed by atoms with E-state index in [1.165, 1.54) is 5.56 Å². The first-order chi connectivity index (χ1) is 15.2. The number of hydrogen-bond acceptors (Lipinski definition) is 5. The van der Waals surface area contributed by atoms with Gasteiger partial charge in [0.25, 0.3) is 0 Å². The molecule has 8 nitrogen and oxygen atoms in total. The van der Waals surface area contributed by atoms with Crippen molar-refractivity contribution in [1.29, 1.82) is 0 Å². The van der Waals surface area contributed by atoms with Crippen LogP contribution in [0.3, 0.4) is 0 Å². The largest absolute Gasteiger partial charge is 0.444 e. The monoisotopic (exact) mass is 569 g/mol. The number of amides is 1. The summed E-state index contributed by atoms with van der Waals surface area (Å²) in [6.07, 6.45) is 3.32. The molecule has 33 heavy (non-hydrogen) atoms. The molecule has 0 aliphatic carbocycles. The number of halogens is 1. The summed E-state index contributed by atoms with van der Waals surface area (Å²) in [5.41, 5.74) is 2.52. The van der Waals surface area contributed by atoms with E-state index < -0.39 is 5.60 Å². The van der Waals surface area contributed by atoms with E-state index in [9.17, 15) is 4.79 Å². The molecule has 0 spiro atoms. The average Bonchev–Trinajstić information content (AvgIpc) is 3.22. The van der Waals surface area contributed by atoms with Crippen molar-refractivity contribution in [3.8, 4) is 11.5 Å². The third-order valence-electron chi connectivity index (χ3n) is 5.34. The number of aryl methyl sites for hydroxylation is 1. The van der Waals surface area contributed by atoms with Gasteiger partial charge >= 0.3 is 6.09 Å². The number of ether oxygens (including phenoxy) is 1. The minimum Gasteiger partial charge on any atom is -0.444 e. The van der Waals surface area contributed by atoms with Crippen LogP contribution in [0.5, 0.6) is 0 Å². The van der Waals surface area contributed by atoms with Gasteiger partial charge in [0, 0.05) is 32.2 Å². The molecule has 2 N–H and O–H groups in total. The summed E-state index contributed by atoms with van der Waals surface area (Å²) >= 11 is 0. The predicted molar refractivity (Wildman–Crippen MR) is 141 cm³/mol. The molecule has 0 atom stereocenters. The van der Waals surface area contributed by atoms with Crippen LogP contribution >= 0.6 is 24.0 Å². The highest BCUT2D eigenvalue weighted by Gasteiger charge is 2.26. The summed E-state index contributed by atoms with van der Waals surface area (Å²) in [5, 5.41) is 6.67. The third kappa shape index (κ3) is 8.53. The molecular formula is C24H36IN5O3. The molecule has 0 unspecified atom stereocenters. The van der Waals surface area contributed by atoms with Crippen molar-refractivity contribution in [2.45, 2.75) is 52.7 Å². The topological polar surface area (TPSA) is 92.0 Å². The number of oxazole rings is 1. The molecule has 182 valence electrons. The molecule has 1 aromatic heterocycles. The van der Waals surface area contributed by atoms with Crippen LogP contribution in [0.4, 0.5) is 4.79 Å².